The van der Waals surface area contributed by atoms with Gasteiger partial charge < -0.3 is 4.74 Å². The van der Waals surface area contributed by atoms with Crippen molar-refractivity contribution in [2.24, 2.45) is 0 Å². The predicted molar refractivity (Wildman–Crippen MR) is 63.6 cm³/mol. The van der Waals surface area contributed by atoms with Crippen LogP contribution in [0.3, 0.4) is 0 Å². The van der Waals surface area contributed by atoms with Gasteiger partial charge in [-0.15, -0.1) is 5.26 Å². The van der Waals surface area contributed by atoms with Crippen LogP contribution in [0.2, 0.25) is 0 Å². The molecule has 4 nitrogen and oxygen atoms in total. The Morgan fingerprint density at radius 1 is 1.06 bits per heavy atom. The van der Waals surface area contributed by atoms with E-state index in [9.17, 15) is 0 Å². The molecule has 1 aromatic heterocycles. The summed E-state index contributed by atoms with van der Waals surface area (Å²) < 4.78 is 4.71. The number of rotatable bonds is 3. The summed E-state index contributed by atoms with van der Waals surface area (Å²) in [6.07, 6.45) is 8.26. The van der Waals surface area contributed by atoms with Crippen LogP contribution in [-0.4, -0.2) is 9.97 Å². The first-order valence-corrected chi connectivity index (χ1v) is 5.00. The van der Waals surface area contributed by atoms with Gasteiger partial charge in [0.05, 0.1) is 0 Å². The lowest BCUT2D eigenvalue weighted by Gasteiger charge is -1.98. The molecular formula is C13H9N3O. The normalized spacial score (nSPS) is 10.1. The molecule has 0 saturated carbocycles. The lowest BCUT2D eigenvalue weighted by atomic mass is 10.2. The summed E-state index contributed by atoms with van der Waals surface area (Å²) in [7, 11) is 0. The summed E-state index contributed by atoms with van der Waals surface area (Å²) in [5.41, 5.74) is 1.57. The summed E-state index contributed by atoms with van der Waals surface area (Å²) in [5.74, 6) is 0.210. The third-order valence-corrected chi connectivity index (χ3v) is 2.07. The first-order chi connectivity index (χ1) is 8.40. The zero-order valence-electron chi connectivity index (χ0n) is 8.95. The number of hydrogen-bond acceptors (Lipinski definition) is 4. The van der Waals surface area contributed by atoms with Crippen molar-refractivity contribution >= 4 is 12.2 Å². The van der Waals surface area contributed by atoms with Gasteiger partial charge in [0.25, 0.3) is 12.1 Å². The highest BCUT2D eigenvalue weighted by Gasteiger charge is 2.02. The lowest BCUT2D eigenvalue weighted by molar-refractivity contribution is 0.481. The van der Waals surface area contributed by atoms with Crippen LogP contribution in [0.4, 0.5) is 0 Å². The van der Waals surface area contributed by atoms with E-state index in [0.29, 0.717) is 5.69 Å². The molecule has 2 aromatic rings. The third-order valence-electron chi connectivity index (χ3n) is 2.07. The molecule has 0 saturated heterocycles. The fourth-order valence-electron chi connectivity index (χ4n) is 1.31. The summed E-state index contributed by atoms with van der Waals surface area (Å²) in [6.45, 7) is 0. The number of aromatic nitrogens is 2. The Bertz CT molecular complexity index is 558. The smallest absolute Gasteiger partial charge is 0.293 e. The molecule has 82 valence electrons. The highest BCUT2D eigenvalue weighted by Crippen LogP contribution is 2.14. The predicted octanol–water partition coefficient (Wildman–Crippen LogP) is 2.51. The minimum Gasteiger partial charge on any atom is -0.365 e. The highest BCUT2D eigenvalue weighted by atomic mass is 16.5. The Labute approximate surface area is 98.8 Å². The number of nitrogens with zero attached hydrogens (tertiary/aromatic N) is 3. The van der Waals surface area contributed by atoms with Gasteiger partial charge >= 0.3 is 0 Å². The van der Waals surface area contributed by atoms with Crippen molar-refractivity contribution in [1.82, 2.24) is 9.97 Å². The Balaban J connectivity index is 2.25. The maximum atomic E-state index is 8.47. The highest BCUT2D eigenvalue weighted by molar-refractivity contribution is 5.69. The van der Waals surface area contributed by atoms with Crippen LogP contribution in [0.1, 0.15) is 11.3 Å². The van der Waals surface area contributed by atoms with E-state index in [1.807, 2.05) is 36.4 Å². The van der Waals surface area contributed by atoms with E-state index in [0.717, 1.165) is 5.56 Å². The Morgan fingerprint density at radius 2 is 1.82 bits per heavy atom. The van der Waals surface area contributed by atoms with E-state index in [2.05, 4.69) is 9.97 Å². The van der Waals surface area contributed by atoms with Crippen molar-refractivity contribution in [2.45, 2.75) is 0 Å². The molecule has 1 aromatic carbocycles. The van der Waals surface area contributed by atoms with Crippen LogP contribution in [-0.2, 0) is 0 Å². The molecule has 0 spiro atoms. The topological polar surface area (TPSA) is 58.8 Å². The molecule has 0 fully saturated rings. The maximum absolute atomic E-state index is 8.47. The van der Waals surface area contributed by atoms with E-state index in [1.54, 1.807) is 18.5 Å². The number of hydrogen-bond donors (Lipinski definition) is 0. The number of benzene rings is 1. The van der Waals surface area contributed by atoms with E-state index >= 15 is 0 Å². The van der Waals surface area contributed by atoms with E-state index < -0.39 is 0 Å². The van der Waals surface area contributed by atoms with Gasteiger partial charge in [0.2, 0.25) is 0 Å². The van der Waals surface area contributed by atoms with Gasteiger partial charge in [-0.1, -0.05) is 36.4 Å². The van der Waals surface area contributed by atoms with Crippen LogP contribution in [0, 0.1) is 11.5 Å². The molecule has 0 unspecified atom stereocenters. The fraction of sp³-hybridized carbons (Fsp3) is 0. The van der Waals surface area contributed by atoms with Gasteiger partial charge in [-0.25, -0.2) is 9.97 Å². The largest absolute Gasteiger partial charge is 0.365 e. The quantitative estimate of drug-likeness (QED) is 0.750. The summed E-state index contributed by atoms with van der Waals surface area (Å²) in [5, 5.41) is 8.47. The van der Waals surface area contributed by atoms with Crippen LogP contribution >= 0.6 is 0 Å². The van der Waals surface area contributed by atoms with E-state index in [4.69, 9.17) is 10.00 Å². The van der Waals surface area contributed by atoms with Crippen molar-refractivity contribution in [2.75, 3.05) is 0 Å². The van der Waals surface area contributed by atoms with E-state index in [1.165, 1.54) is 6.20 Å². The summed E-state index contributed by atoms with van der Waals surface area (Å²) >= 11 is 0. The monoisotopic (exact) mass is 223 g/mol. The van der Waals surface area contributed by atoms with Gasteiger partial charge in [-0.05, 0) is 11.6 Å². The Hall–Kier alpha value is -2.67. The van der Waals surface area contributed by atoms with Gasteiger partial charge in [0, 0.05) is 12.4 Å². The second-order valence-corrected chi connectivity index (χ2v) is 3.18. The first-order valence-electron chi connectivity index (χ1n) is 5.00. The summed E-state index contributed by atoms with van der Waals surface area (Å²) in [6, 6.07) is 9.78. The van der Waals surface area contributed by atoms with Crippen molar-refractivity contribution in [3.8, 4) is 12.1 Å². The zero-order chi connectivity index (χ0) is 11.9. The van der Waals surface area contributed by atoms with Crippen molar-refractivity contribution in [3.63, 3.8) is 0 Å². The standard InChI is InChI=1S/C13H9N3O/c14-10-17-13-12(15-8-9-16-13)7-6-11-4-2-1-3-5-11/h1-9H/b7-6+. The molecule has 0 aliphatic rings. The molecule has 2 rings (SSSR count). The van der Waals surface area contributed by atoms with Crippen LogP contribution < -0.4 is 4.74 Å². The van der Waals surface area contributed by atoms with Crippen LogP contribution in [0.5, 0.6) is 5.88 Å². The molecule has 0 aliphatic carbocycles. The van der Waals surface area contributed by atoms with Crippen molar-refractivity contribution < 1.29 is 4.74 Å². The fourth-order valence-corrected chi connectivity index (χ4v) is 1.31. The molecule has 0 amide bonds. The SMILES string of the molecule is N#COc1nccnc1/C=C/c1ccccc1. The number of ether oxygens (including phenoxy) is 1. The van der Waals surface area contributed by atoms with Crippen LogP contribution in [0.25, 0.3) is 12.2 Å². The third kappa shape index (κ3) is 2.89. The Kier molecular flexibility index (Phi) is 3.46. The Morgan fingerprint density at radius 3 is 2.59 bits per heavy atom. The molecule has 0 radical (unpaired) electrons. The van der Waals surface area contributed by atoms with E-state index in [-0.39, 0.29) is 5.88 Å². The van der Waals surface area contributed by atoms with Crippen molar-refractivity contribution in [1.29, 1.82) is 5.26 Å². The molecule has 0 aliphatic heterocycles. The lowest BCUT2D eigenvalue weighted by Crippen LogP contribution is -1.92. The first kappa shape index (κ1) is 10.8. The molecule has 0 bridgehead atoms. The minimum atomic E-state index is 0.210. The average molecular weight is 223 g/mol. The van der Waals surface area contributed by atoms with Crippen molar-refractivity contribution in [3.05, 3.63) is 54.0 Å². The molecule has 17 heavy (non-hydrogen) atoms. The van der Waals surface area contributed by atoms with Crippen LogP contribution in [0.15, 0.2) is 42.7 Å². The van der Waals surface area contributed by atoms with Gasteiger partial charge in [0.1, 0.15) is 5.69 Å². The molecular weight excluding hydrogens is 214 g/mol. The second-order valence-electron chi connectivity index (χ2n) is 3.18. The molecule has 0 atom stereocenters. The van der Waals surface area contributed by atoms with Gasteiger partial charge in [0.15, 0.2) is 0 Å². The van der Waals surface area contributed by atoms with Gasteiger partial charge in [-0.2, -0.15) is 0 Å². The minimum absolute atomic E-state index is 0.210. The molecule has 1 heterocycles. The zero-order valence-corrected chi connectivity index (χ0v) is 8.95. The maximum Gasteiger partial charge on any atom is 0.293 e. The molecule has 0 N–H and O–H groups in total. The van der Waals surface area contributed by atoms with Gasteiger partial charge in [-0.3, -0.25) is 0 Å². The second kappa shape index (κ2) is 5.42. The average Bonchev–Trinajstić information content (AvgIpc) is 2.39. The molecule has 4 heteroatoms. The number of nitriles is 1. The summed E-state index contributed by atoms with van der Waals surface area (Å²) in [4.78, 5) is 8.01.